The maximum Gasteiger partial charge on any atom is 0.224 e. The van der Waals surface area contributed by atoms with Gasteiger partial charge in [0.15, 0.2) is 0 Å². The van der Waals surface area contributed by atoms with Crippen LogP contribution in [0.15, 0.2) is 24.3 Å². The van der Waals surface area contributed by atoms with E-state index >= 15 is 0 Å². The Labute approximate surface area is 175 Å². The average molecular weight is 418 g/mol. The standard InChI is InChI=1S/C20H31N3O2.2ClH/c1-16(18-6-8-21-9-7-18)14-20(24)22-19-4-2-17(3-5-19)15-23-10-12-25-13-11-23;;/h2-5,16,18,21H,6-15H2,1H3,(H,22,24);2*1H. The minimum absolute atomic E-state index is 0. The first-order valence-electron chi connectivity index (χ1n) is 9.60. The van der Waals surface area contributed by atoms with Gasteiger partial charge in [0.1, 0.15) is 0 Å². The lowest BCUT2D eigenvalue weighted by atomic mass is 9.84. The molecule has 1 unspecified atom stereocenters. The predicted octanol–water partition coefficient (Wildman–Crippen LogP) is 3.33. The summed E-state index contributed by atoms with van der Waals surface area (Å²) in [4.78, 5) is 14.7. The zero-order chi connectivity index (χ0) is 17.5. The number of nitrogens with one attached hydrogen (secondary N) is 2. The Hall–Kier alpha value is -0.850. The van der Waals surface area contributed by atoms with E-state index in [1.807, 2.05) is 12.1 Å². The quantitative estimate of drug-likeness (QED) is 0.744. The molecule has 2 saturated heterocycles. The number of piperidine rings is 1. The summed E-state index contributed by atoms with van der Waals surface area (Å²) in [6, 6.07) is 8.26. The summed E-state index contributed by atoms with van der Waals surface area (Å²) >= 11 is 0. The monoisotopic (exact) mass is 417 g/mol. The molecule has 0 spiro atoms. The summed E-state index contributed by atoms with van der Waals surface area (Å²) in [5.41, 5.74) is 2.18. The number of carbonyl (C=O) groups is 1. The van der Waals surface area contributed by atoms with Crippen LogP contribution in [0.3, 0.4) is 0 Å². The Morgan fingerprint density at radius 3 is 2.44 bits per heavy atom. The van der Waals surface area contributed by atoms with Crippen molar-refractivity contribution >= 4 is 36.4 Å². The number of morpholine rings is 1. The minimum atomic E-state index is 0. The smallest absolute Gasteiger partial charge is 0.224 e. The van der Waals surface area contributed by atoms with Gasteiger partial charge in [0.25, 0.3) is 0 Å². The van der Waals surface area contributed by atoms with Crippen LogP contribution in [-0.2, 0) is 16.1 Å². The highest BCUT2D eigenvalue weighted by Crippen LogP contribution is 2.24. The van der Waals surface area contributed by atoms with Gasteiger partial charge in [-0.3, -0.25) is 9.69 Å². The van der Waals surface area contributed by atoms with Crippen LogP contribution in [0.1, 0.15) is 31.7 Å². The molecule has 5 nitrogen and oxygen atoms in total. The van der Waals surface area contributed by atoms with Crippen LogP contribution in [0.4, 0.5) is 5.69 Å². The molecule has 2 aliphatic heterocycles. The lowest BCUT2D eigenvalue weighted by molar-refractivity contribution is -0.117. The largest absolute Gasteiger partial charge is 0.379 e. The van der Waals surface area contributed by atoms with Crippen molar-refractivity contribution in [2.24, 2.45) is 11.8 Å². The van der Waals surface area contributed by atoms with Gasteiger partial charge in [0.05, 0.1) is 13.2 Å². The second-order valence-electron chi connectivity index (χ2n) is 7.40. The normalized spacial score (nSPS) is 19.4. The number of anilines is 1. The highest BCUT2D eigenvalue weighted by Gasteiger charge is 2.22. The molecular weight excluding hydrogens is 385 g/mol. The maximum atomic E-state index is 12.3. The van der Waals surface area contributed by atoms with E-state index in [-0.39, 0.29) is 30.7 Å². The molecule has 1 atom stereocenters. The number of nitrogens with zero attached hydrogens (tertiary/aromatic N) is 1. The second kappa shape index (κ2) is 12.6. The van der Waals surface area contributed by atoms with Gasteiger partial charge in [-0.25, -0.2) is 0 Å². The van der Waals surface area contributed by atoms with E-state index in [0.717, 1.165) is 51.6 Å². The molecular formula is C20H33Cl2N3O2. The van der Waals surface area contributed by atoms with E-state index in [1.165, 1.54) is 18.4 Å². The fraction of sp³-hybridized carbons (Fsp3) is 0.650. The number of ether oxygens (including phenoxy) is 1. The Kier molecular flexibility index (Phi) is 11.3. The lowest BCUT2D eigenvalue weighted by Crippen LogP contribution is -2.35. The van der Waals surface area contributed by atoms with Gasteiger partial charge in [-0.15, -0.1) is 24.8 Å². The Balaban J connectivity index is 0.00000182. The van der Waals surface area contributed by atoms with E-state index in [4.69, 9.17) is 4.74 Å². The molecule has 0 bridgehead atoms. The van der Waals surface area contributed by atoms with Crippen LogP contribution in [-0.4, -0.2) is 50.2 Å². The number of hydrogen-bond donors (Lipinski definition) is 2. The molecule has 1 amide bonds. The molecule has 2 fully saturated rings. The summed E-state index contributed by atoms with van der Waals surface area (Å²) in [5.74, 6) is 1.25. The Morgan fingerprint density at radius 1 is 1.19 bits per heavy atom. The second-order valence-corrected chi connectivity index (χ2v) is 7.40. The summed E-state index contributed by atoms with van der Waals surface area (Å²) < 4.78 is 5.38. The number of benzene rings is 1. The first-order valence-corrected chi connectivity index (χ1v) is 9.60. The molecule has 2 heterocycles. The number of carbonyl (C=O) groups excluding carboxylic acids is 1. The van der Waals surface area contributed by atoms with Crippen LogP contribution >= 0.6 is 24.8 Å². The fourth-order valence-corrected chi connectivity index (χ4v) is 3.80. The van der Waals surface area contributed by atoms with Crippen LogP contribution in [0.2, 0.25) is 0 Å². The minimum Gasteiger partial charge on any atom is -0.379 e. The zero-order valence-corrected chi connectivity index (χ0v) is 17.7. The number of rotatable bonds is 6. The number of halogens is 2. The molecule has 0 aliphatic carbocycles. The van der Waals surface area contributed by atoms with Crippen LogP contribution in [0.5, 0.6) is 0 Å². The van der Waals surface area contributed by atoms with Crippen molar-refractivity contribution in [2.75, 3.05) is 44.7 Å². The molecule has 1 aromatic rings. The highest BCUT2D eigenvalue weighted by atomic mass is 35.5. The van der Waals surface area contributed by atoms with Crippen LogP contribution in [0.25, 0.3) is 0 Å². The summed E-state index contributed by atoms with van der Waals surface area (Å²) in [6.07, 6.45) is 2.98. The van der Waals surface area contributed by atoms with Crippen molar-refractivity contribution in [3.63, 3.8) is 0 Å². The van der Waals surface area contributed by atoms with Crippen molar-refractivity contribution in [3.05, 3.63) is 29.8 Å². The predicted molar refractivity (Wildman–Crippen MR) is 115 cm³/mol. The van der Waals surface area contributed by atoms with Crippen molar-refractivity contribution in [3.8, 4) is 0 Å². The van der Waals surface area contributed by atoms with Gasteiger partial charge in [-0.1, -0.05) is 19.1 Å². The first kappa shape index (κ1) is 24.2. The Bertz CT molecular complexity index is 545. The van der Waals surface area contributed by atoms with E-state index in [2.05, 4.69) is 34.6 Å². The van der Waals surface area contributed by atoms with Crippen LogP contribution in [0, 0.1) is 11.8 Å². The van der Waals surface area contributed by atoms with Crippen molar-refractivity contribution in [2.45, 2.75) is 32.7 Å². The van der Waals surface area contributed by atoms with Gasteiger partial charge in [-0.2, -0.15) is 0 Å². The van der Waals surface area contributed by atoms with Gasteiger partial charge >= 0.3 is 0 Å². The molecule has 2 N–H and O–H groups in total. The highest BCUT2D eigenvalue weighted by molar-refractivity contribution is 5.90. The lowest BCUT2D eigenvalue weighted by Gasteiger charge is -2.28. The molecule has 3 rings (SSSR count). The third-order valence-corrected chi connectivity index (χ3v) is 5.44. The number of hydrogen-bond acceptors (Lipinski definition) is 4. The van der Waals surface area contributed by atoms with Gasteiger partial charge in [0.2, 0.25) is 5.91 Å². The molecule has 2 aliphatic rings. The van der Waals surface area contributed by atoms with Crippen LogP contribution < -0.4 is 10.6 Å². The molecule has 7 heteroatoms. The third-order valence-electron chi connectivity index (χ3n) is 5.44. The van der Waals surface area contributed by atoms with Gasteiger partial charge in [0, 0.05) is 31.7 Å². The summed E-state index contributed by atoms with van der Waals surface area (Å²) in [7, 11) is 0. The zero-order valence-electron chi connectivity index (χ0n) is 16.1. The molecule has 0 aromatic heterocycles. The van der Waals surface area contributed by atoms with E-state index in [0.29, 0.717) is 18.3 Å². The van der Waals surface area contributed by atoms with Gasteiger partial charge in [-0.05, 0) is 55.5 Å². The molecule has 1 aromatic carbocycles. The van der Waals surface area contributed by atoms with Crippen molar-refractivity contribution in [1.29, 1.82) is 0 Å². The van der Waals surface area contributed by atoms with Gasteiger partial charge < -0.3 is 15.4 Å². The average Bonchev–Trinajstić information content (AvgIpc) is 2.65. The topological polar surface area (TPSA) is 53.6 Å². The van der Waals surface area contributed by atoms with Crippen molar-refractivity contribution < 1.29 is 9.53 Å². The summed E-state index contributed by atoms with van der Waals surface area (Å²) in [5, 5.41) is 6.44. The first-order chi connectivity index (χ1) is 12.2. The van der Waals surface area contributed by atoms with E-state index in [1.54, 1.807) is 0 Å². The summed E-state index contributed by atoms with van der Waals surface area (Å²) in [6.45, 7) is 8.96. The molecule has 154 valence electrons. The molecule has 0 radical (unpaired) electrons. The fourth-order valence-electron chi connectivity index (χ4n) is 3.80. The SMILES string of the molecule is CC(CC(=O)Nc1ccc(CN2CCOCC2)cc1)C1CCNCC1.Cl.Cl. The van der Waals surface area contributed by atoms with E-state index < -0.39 is 0 Å². The molecule has 27 heavy (non-hydrogen) atoms. The third kappa shape index (κ3) is 7.96. The molecule has 0 saturated carbocycles. The van der Waals surface area contributed by atoms with E-state index in [9.17, 15) is 4.79 Å². The number of amides is 1. The van der Waals surface area contributed by atoms with Crippen molar-refractivity contribution in [1.82, 2.24) is 10.2 Å². The maximum absolute atomic E-state index is 12.3. The Morgan fingerprint density at radius 2 is 1.81 bits per heavy atom.